The normalized spacial score (nSPS) is 11.0. The van der Waals surface area contributed by atoms with Crippen LogP contribution in [0.1, 0.15) is 11.4 Å². The van der Waals surface area contributed by atoms with Crippen LogP contribution in [0.4, 0.5) is 0 Å². The zero-order chi connectivity index (χ0) is 14.7. The van der Waals surface area contributed by atoms with Crippen LogP contribution in [0.15, 0.2) is 47.1 Å². The summed E-state index contributed by atoms with van der Waals surface area (Å²) in [6.07, 6.45) is 1.97. The van der Waals surface area contributed by atoms with E-state index in [2.05, 4.69) is 31.4 Å². The van der Waals surface area contributed by atoms with Crippen molar-refractivity contribution in [2.45, 2.75) is 13.1 Å². The summed E-state index contributed by atoms with van der Waals surface area (Å²) in [5, 5.41) is 11.7. The minimum absolute atomic E-state index is 0.648. The van der Waals surface area contributed by atoms with Crippen molar-refractivity contribution >= 4 is 21.6 Å². The Bertz CT molecular complexity index is 756. The highest BCUT2D eigenvalue weighted by atomic mass is 79.9. The zero-order valence-electron chi connectivity index (χ0n) is 11.6. The number of aromatic nitrogens is 3. The highest BCUT2D eigenvalue weighted by molar-refractivity contribution is 9.10. The molecule has 6 heteroatoms. The van der Waals surface area contributed by atoms with Gasteiger partial charge in [0.2, 0.25) is 0 Å². The maximum atomic E-state index is 5.24. The average Bonchev–Trinajstić information content (AvgIpc) is 2.93. The molecule has 3 rings (SSSR count). The molecule has 0 saturated carbocycles. The molecule has 5 nitrogen and oxygen atoms in total. The third-order valence-electron chi connectivity index (χ3n) is 3.24. The highest BCUT2D eigenvalue weighted by Crippen LogP contribution is 2.22. The van der Waals surface area contributed by atoms with E-state index in [1.165, 1.54) is 0 Å². The van der Waals surface area contributed by atoms with E-state index in [1.54, 1.807) is 7.11 Å². The molecule has 0 radical (unpaired) electrons. The summed E-state index contributed by atoms with van der Waals surface area (Å²) in [5.74, 6) is 1.74. The highest BCUT2D eigenvalue weighted by Gasteiger charge is 2.05. The van der Waals surface area contributed by atoms with Crippen molar-refractivity contribution in [2.24, 2.45) is 0 Å². The summed E-state index contributed by atoms with van der Waals surface area (Å²) >= 11 is 3.55. The first-order valence-electron chi connectivity index (χ1n) is 6.59. The van der Waals surface area contributed by atoms with Crippen LogP contribution in [-0.2, 0) is 13.1 Å². The number of rotatable bonds is 5. The molecule has 1 aromatic carbocycles. The Morgan fingerprint density at radius 3 is 2.95 bits per heavy atom. The molecule has 0 amide bonds. The maximum absolute atomic E-state index is 5.24. The fourth-order valence-electron chi connectivity index (χ4n) is 2.13. The Morgan fingerprint density at radius 2 is 2.10 bits per heavy atom. The second-order valence-corrected chi connectivity index (χ2v) is 5.46. The van der Waals surface area contributed by atoms with Crippen LogP contribution in [0, 0.1) is 0 Å². The number of hydrogen-bond donors (Lipinski definition) is 1. The van der Waals surface area contributed by atoms with Crippen LogP contribution >= 0.6 is 15.9 Å². The van der Waals surface area contributed by atoms with E-state index < -0.39 is 0 Å². The predicted molar refractivity (Wildman–Crippen MR) is 84.2 cm³/mol. The first kappa shape index (κ1) is 14.0. The topological polar surface area (TPSA) is 51.5 Å². The smallest absolute Gasteiger partial charge is 0.160 e. The number of fused-ring (bicyclic) bond motifs is 1. The maximum Gasteiger partial charge on any atom is 0.160 e. The molecule has 0 fully saturated rings. The molecule has 2 heterocycles. The SMILES string of the molecule is COc1ccc(Br)c(CNCc2nnc3ccccn23)c1. The van der Waals surface area contributed by atoms with Crippen molar-refractivity contribution in [2.75, 3.05) is 7.11 Å². The van der Waals surface area contributed by atoms with Crippen LogP contribution in [0.5, 0.6) is 5.75 Å². The molecule has 0 bridgehead atoms. The Kier molecular flexibility index (Phi) is 4.17. The van der Waals surface area contributed by atoms with Gasteiger partial charge in [-0.05, 0) is 35.9 Å². The van der Waals surface area contributed by atoms with E-state index in [4.69, 9.17) is 4.74 Å². The Hall–Kier alpha value is -1.92. The van der Waals surface area contributed by atoms with Gasteiger partial charge in [-0.3, -0.25) is 4.40 Å². The number of ether oxygens (including phenoxy) is 1. The predicted octanol–water partition coefficient (Wildman–Crippen LogP) is 2.79. The Morgan fingerprint density at radius 1 is 1.19 bits per heavy atom. The van der Waals surface area contributed by atoms with E-state index in [0.717, 1.165) is 33.8 Å². The van der Waals surface area contributed by atoms with Crippen LogP contribution in [0.25, 0.3) is 5.65 Å². The number of nitrogens with zero attached hydrogens (tertiary/aromatic N) is 3. The first-order valence-corrected chi connectivity index (χ1v) is 7.39. The number of methoxy groups -OCH3 is 1. The lowest BCUT2D eigenvalue weighted by molar-refractivity contribution is 0.414. The quantitative estimate of drug-likeness (QED) is 0.771. The third-order valence-corrected chi connectivity index (χ3v) is 4.01. The van der Waals surface area contributed by atoms with Gasteiger partial charge in [-0.1, -0.05) is 22.0 Å². The monoisotopic (exact) mass is 346 g/mol. The van der Waals surface area contributed by atoms with Crippen molar-refractivity contribution in [3.8, 4) is 5.75 Å². The molecule has 108 valence electrons. The molecule has 2 aromatic heterocycles. The fraction of sp³-hybridized carbons (Fsp3) is 0.200. The van der Waals surface area contributed by atoms with Gasteiger partial charge < -0.3 is 10.1 Å². The van der Waals surface area contributed by atoms with Gasteiger partial charge in [0.15, 0.2) is 11.5 Å². The number of benzene rings is 1. The van der Waals surface area contributed by atoms with Gasteiger partial charge in [0.1, 0.15) is 5.75 Å². The van der Waals surface area contributed by atoms with Crippen molar-refractivity contribution < 1.29 is 4.74 Å². The average molecular weight is 347 g/mol. The summed E-state index contributed by atoms with van der Waals surface area (Å²) in [5.41, 5.74) is 2.00. The summed E-state index contributed by atoms with van der Waals surface area (Å²) in [4.78, 5) is 0. The van der Waals surface area contributed by atoms with Gasteiger partial charge in [0, 0.05) is 17.2 Å². The molecular weight excluding hydrogens is 332 g/mol. The second-order valence-electron chi connectivity index (χ2n) is 4.61. The lowest BCUT2D eigenvalue weighted by Crippen LogP contribution is -2.15. The first-order chi connectivity index (χ1) is 10.3. The van der Waals surface area contributed by atoms with Gasteiger partial charge in [-0.15, -0.1) is 10.2 Å². The summed E-state index contributed by atoms with van der Waals surface area (Å²) in [6, 6.07) is 11.8. The number of hydrogen-bond acceptors (Lipinski definition) is 4. The van der Waals surface area contributed by atoms with Crippen LogP contribution in [0.2, 0.25) is 0 Å². The van der Waals surface area contributed by atoms with Gasteiger partial charge in [0.05, 0.1) is 13.7 Å². The van der Waals surface area contributed by atoms with Crippen molar-refractivity contribution in [1.29, 1.82) is 0 Å². The van der Waals surface area contributed by atoms with Gasteiger partial charge in [-0.2, -0.15) is 0 Å². The van der Waals surface area contributed by atoms with E-state index >= 15 is 0 Å². The molecule has 21 heavy (non-hydrogen) atoms. The molecule has 0 spiro atoms. The molecule has 0 aliphatic rings. The molecule has 0 saturated heterocycles. The molecule has 0 aliphatic carbocycles. The van der Waals surface area contributed by atoms with Crippen LogP contribution in [-0.4, -0.2) is 21.7 Å². The molecule has 0 aliphatic heterocycles. The molecule has 0 unspecified atom stereocenters. The number of nitrogens with one attached hydrogen (secondary N) is 1. The molecule has 0 atom stereocenters. The standard InChI is InChI=1S/C15H15BrN4O/c1-21-12-5-6-13(16)11(8-12)9-17-10-15-19-18-14-4-2-3-7-20(14)15/h2-8,17H,9-10H2,1H3. The van der Waals surface area contributed by atoms with Crippen molar-refractivity contribution in [1.82, 2.24) is 19.9 Å². The van der Waals surface area contributed by atoms with E-state index in [9.17, 15) is 0 Å². The molecule has 1 N–H and O–H groups in total. The minimum Gasteiger partial charge on any atom is -0.497 e. The second kappa shape index (κ2) is 6.24. The lowest BCUT2D eigenvalue weighted by Gasteiger charge is -2.08. The van der Waals surface area contributed by atoms with E-state index in [1.807, 2.05) is 47.0 Å². The van der Waals surface area contributed by atoms with Gasteiger partial charge >= 0.3 is 0 Å². The van der Waals surface area contributed by atoms with Crippen LogP contribution in [0.3, 0.4) is 0 Å². The van der Waals surface area contributed by atoms with E-state index in [-0.39, 0.29) is 0 Å². The van der Waals surface area contributed by atoms with E-state index in [0.29, 0.717) is 6.54 Å². The fourth-order valence-corrected chi connectivity index (χ4v) is 2.52. The van der Waals surface area contributed by atoms with Crippen LogP contribution < -0.4 is 10.1 Å². The zero-order valence-corrected chi connectivity index (χ0v) is 13.2. The molecular formula is C15H15BrN4O. The third kappa shape index (κ3) is 3.06. The van der Waals surface area contributed by atoms with Crippen molar-refractivity contribution in [3.05, 3.63) is 58.5 Å². The molecule has 3 aromatic rings. The summed E-state index contributed by atoms with van der Waals surface area (Å²) < 4.78 is 8.28. The van der Waals surface area contributed by atoms with Gasteiger partial charge in [-0.25, -0.2) is 0 Å². The Labute approximate surface area is 131 Å². The summed E-state index contributed by atoms with van der Waals surface area (Å²) in [6.45, 7) is 1.37. The minimum atomic E-state index is 0.648. The number of halogens is 1. The largest absolute Gasteiger partial charge is 0.497 e. The van der Waals surface area contributed by atoms with Crippen molar-refractivity contribution in [3.63, 3.8) is 0 Å². The lowest BCUT2D eigenvalue weighted by atomic mass is 10.2. The Balaban J connectivity index is 1.69. The summed E-state index contributed by atoms with van der Waals surface area (Å²) in [7, 11) is 1.67. The van der Waals surface area contributed by atoms with Gasteiger partial charge in [0.25, 0.3) is 0 Å². The number of pyridine rings is 1.